The Bertz CT molecular complexity index is 446. The lowest BCUT2D eigenvalue weighted by Crippen LogP contribution is -2.43. The monoisotopic (exact) mass is 301 g/mol. The quantitative estimate of drug-likeness (QED) is 0.919. The van der Waals surface area contributed by atoms with Gasteiger partial charge in [-0.25, -0.2) is 0 Å². The fraction of sp³-hybridized carbons (Fsp3) is 0.600. The minimum atomic E-state index is -0.219. The summed E-state index contributed by atoms with van der Waals surface area (Å²) in [6.45, 7) is 0.919. The van der Waals surface area contributed by atoms with Gasteiger partial charge in [0.1, 0.15) is 0 Å². The van der Waals surface area contributed by atoms with Gasteiger partial charge in [-0.2, -0.15) is 0 Å². The normalized spacial score (nSPS) is 27.8. The first kappa shape index (κ1) is 15.1. The molecule has 1 aromatic rings. The van der Waals surface area contributed by atoms with Crippen molar-refractivity contribution in [2.75, 3.05) is 20.6 Å². The molecule has 0 bridgehead atoms. The van der Waals surface area contributed by atoms with E-state index in [1.807, 2.05) is 12.1 Å². The second-order valence-electron chi connectivity index (χ2n) is 5.90. The number of hydrogen-bond donors (Lipinski definition) is 1. The molecule has 2 atom stereocenters. The molecular formula is C15H21Cl2NO. The van der Waals surface area contributed by atoms with Gasteiger partial charge in [0.2, 0.25) is 0 Å². The standard InChI is InChI=1S/C15H21Cl2NO/c1-18(2)10-15(7-3-4-12(19)9-15)11-5-6-13(16)14(17)8-11/h5-6,8,12,19H,3-4,7,9-10H2,1-2H3/t12-,15+/m0/s1. The van der Waals surface area contributed by atoms with Crippen LogP contribution in [0.3, 0.4) is 0 Å². The molecule has 1 aromatic carbocycles. The second-order valence-corrected chi connectivity index (χ2v) is 6.71. The highest BCUT2D eigenvalue weighted by Crippen LogP contribution is 2.41. The summed E-state index contributed by atoms with van der Waals surface area (Å²) in [7, 11) is 4.14. The Morgan fingerprint density at radius 2 is 2.05 bits per heavy atom. The third-order valence-corrected chi connectivity index (χ3v) is 4.71. The van der Waals surface area contributed by atoms with E-state index in [2.05, 4.69) is 25.1 Å². The predicted octanol–water partition coefficient (Wildman–Crippen LogP) is 3.73. The lowest BCUT2D eigenvalue weighted by atomic mass is 9.68. The second kappa shape index (κ2) is 6.01. The summed E-state index contributed by atoms with van der Waals surface area (Å²) in [4.78, 5) is 2.18. The third kappa shape index (κ3) is 3.43. The first-order chi connectivity index (χ1) is 8.93. The minimum absolute atomic E-state index is 0.0185. The summed E-state index contributed by atoms with van der Waals surface area (Å²) in [6.07, 6.45) is 3.61. The molecule has 1 N–H and O–H groups in total. The van der Waals surface area contributed by atoms with E-state index in [9.17, 15) is 5.11 Å². The Hall–Kier alpha value is -0.280. The molecule has 1 fully saturated rings. The van der Waals surface area contributed by atoms with Gasteiger partial charge in [-0.05, 0) is 57.5 Å². The topological polar surface area (TPSA) is 23.5 Å². The number of halogens is 2. The van der Waals surface area contributed by atoms with E-state index < -0.39 is 0 Å². The average molecular weight is 302 g/mol. The molecule has 106 valence electrons. The molecule has 0 heterocycles. The van der Waals surface area contributed by atoms with Gasteiger partial charge in [-0.1, -0.05) is 29.3 Å². The zero-order valence-electron chi connectivity index (χ0n) is 11.5. The Morgan fingerprint density at radius 3 is 2.63 bits per heavy atom. The number of rotatable bonds is 3. The Morgan fingerprint density at radius 1 is 1.32 bits per heavy atom. The number of hydrogen-bond acceptors (Lipinski definition) is 2. The van der Waals surface area contributed by atoms with E-state index in [1.165, 1.54) is 5.56 Å². The molecule has 0 aromatic heterocycles. The Kier molecular flexibility index (Phi) is 4.78. The molecule has 2 nitrogen and oxygen atoms in total. The van der Waals surface area contributed by atoms with Gasteiger partial charge in [-0.15, -0.1) is 0 Å². The lowest BCUT2D eigenvalue weighted by Gasteiger charge is -2.42. The molecular weight excluding hydrogens is 281 g/mol. The van der Waals surface area contributed by atoms with Crippen LogP contribution in [0.5, 0.6) is 0 Å². The summed E-state index contributed by atoms with van der Waals surface area (Å²) >= 11 is 12.2. The molecule has 0 unspecified atom stereocenters. The van der Waals surface area contributed by atoms with Crippen molar-refractivity contribution in [3.05, 3.63) is 33.8 Å². The van der Waals surface area contributed by atoms with Crippen LogP contribution in [0.2, 0.25) is 10.0 Å². The molecule has 2 rings (SSSR count). The molecule has 0 aliphatic heterocycles. The summed E-state index contributed by atoms with van der Waals surface area (Å²) in [5, 5.41) is 11.2. The van der Waals surface area contributed by atoms with Crippen LogP contribution in [0.4, 0.5) is 0 Å². The molecule has 0 radical (unpaired) electrons. The van der Waals surface area contributed by atoms with E-state index in [0.717, 1.165) is 32.2 Å². The van der Waals surface area contributed by atoms with Crippen LogP contribution in [-0.4, -0.2) is 36.8 Å². The maximum Gasteiger partial charge on any atom is 0.0595 e. The van der Waals surface area contributed by atoms with Crippen LogP contribution in [0, 0.1) is 0 Å². The SMILES string of the molecule is CN(C)C[C@@]1(c2ccc(Cl)c(Cl)c2)CCC[C@H](O)C1. The Labute approximate surface area is 125 Å². The molecule has 0 spiro atoms. The van der Waals surface area contributed by atoms with Gasteiger partial charge in [0.15, 0.2) is 0 Å². The number of aliphatic hydroxyl groups is 1. The number of aliphatic hydroxyl groups excluding tert-OH is 1. The fourth-order valence-corrected chi connectivity index (χ4v) is 3.56. The van der Waals surface area contributed by atoms with E-state index >= 15 is 0 Å². The largest absolute Gasteiger partial charge is 0.393 e. The van der Waals surface area contributed by atoms with Crippen LogP contribution in [0.1, 0.15) is 31.2 Å². The van der Waals surface area contributed by atoms with Crippen molar-refractivity contribution in [2.45, 2.75) is 37.2 Å². The first-order valence-corrected chi connectivity index (χ1v) is 7.47. The van der Waals surface area contributed by atoms with Crippen LogP contribution >= 0.6 is 23.2 Å². The molecule has 0 amide bonds. The zero-order chi connectivity index (χ0) is 14.0. The van der Waals surface area contributed by atoms with E-state index in [1.54, 1.807) is 0 Å². The van der Waals surface area contributed by atoms with Gasteiger partial charge in [0.05, 0.1) is 16.1 Å². The fourth-order valence-electron chi connectivity index (χ4n) is 3.26. The van der Waals surface area contributed by atoms with Crippen molar-refractivity contribution in [3.63, 3.8) is 0 Å². The maximum atomic E-state index is 10.1. The highest BCUT2D eigenvalue weighted by atomic mass is 35.5. The van der Waals surface area contributed by atoms with Gasteiger partial charge < -0.3 is 10.0 Å². The summed E-state index contributed by atoms with van der Waals surface area (Å²) < 4.78 is 0. The minimum Gasteiger partial charge on any atom is -0.393 e. The van der Waals surface area contributed by atoms with E-state index in [-0.39, 0.29) is 11.5 Å². The van der Waals surface area contributed by atoms with Crippen molar-refractivity contribution in [3.8, 4) is 0 Å². The molecule has 19 heavy (non-hydrogen) atoms. The maximum absolute atomic E-state index is 10.1. The van der Waals surface area contributed by atoms with E-state index in [0.29, 0.717) is 10.0 Å². The van der Waals surface area contributed by atoms with E-state index in [4.69, 9.17) is 23.2 Å². The first-order valence-electron chi connectivity index (χ1n) is 6.71. The molecule has 1 aliphatic carbocycles. The molecule has 1 saturated carbocycles. The zero-order valence-corrected chi connectivity index (χ0v) is 13.0. The predicted molar refractivity (Wildman–Crippen MR) is 81.2 cm³/mol. The number of nitrogens with zero attached hydrogens (tertiary/aromatic N) is 1. The van der Waals surface area contributed by atoms with Gasteiger partial charge in [0.25, 0.3) is 0 Å². The van der Waals surface area contributed by atoms with Crippen molar-refractivity contribution in [1.29, 1.82) is 0 Å². The van der Waals surface area contributed by atoms with Crippen LogP contribution in [-0.2, 0) is 5.41 Å². The van der Waals surface area contributed by atoms with Crippen molar-refractivity contribution in [2.24, 2.45) is 0 Å². The summed E-state index contributed by atoms with van der Waals surface area (Å²) in [5.41, 5.74) is 1.17. The molecule has 1 aliphatic rings. The highest BCUT2D eigenvalue weighted by Gasteiger charge is 2.38. The van der Waals surface area contributed by atoms with Crippen LogP contribution in [0.15, 0.2) is 18.2 Å². The van der Waals surface area contributed by atoms with Crippen molar-refractivity contribution in [1.82, 2.24) is 4.90 Å². The summed E-state index contributed by atoms with van der Waals surface area (Å²) in [6, 6.07) is 5.87. The number of benzene rings is 1. The lowest BCUT2D eigenvalue weighted by molar-refractivity contribution is 0.0721. The van der Waals surface area contributed by atoms with Crippen molar-refractivity contribution >= 4 is 23.2 Å². The Balaban J connectivity index is 2.38. The molecule has 4 heteroatoms. The van der Waals surface area contributed by atoms with Gasteiger partial charge in [-0.3, -0.25) is 0 Å². The average Bonchev–Trinajstić information content (AvgIpc) is 2.31. The third-order valence-electron chi connectivity index (χ3n) is 3.97. The highest BCUT2D eigenvalue weighted by molar-refractivity contribution is 6.42. The number of likely N-dealkylation sites (N-methyl/N-ethyl adjacent to an activating group) is 1. The van der Waals surface area contributed by atoms with Crippen LogP contribution in [0.25, 0.3) is 0 Å². The van der Waals surface area contributed by atoms with Crippen molar-refractivity contribution < 1.29 is 5.11 Å². The summed E-state index contributed by atoms with van der Waals surface area (Å²) in [5.74, 6) is 0. The molecule has 0 saturated heterocycles. The van der Waals surface area contributed by atoms with Gasteiger partial charge in [0, 0.05) is 12.0 Å². The smallest absolute Gasteiger partial charge is 0.0595 e. The van der Waals surface area contributed by atoms with Crippen LogP contribution < -0.4 is 0 Å². The van der Waals surface area contributed by atoms with Gasteiger partial charge >= 0.3 is 0 Å².